The lowest BCUT2D eigenvalue weighted by molar-refractivity contribution is -0.385. The molecule has 1 aliphatic heterocycles. The molecule has 1 aromatic carbocycles. The maximum atomic E-state index is 11.4. The fourth-order valence-corrected chi connectivity index (χ4v) is 5.53. The van der Waals surface area contributed by atoms with Gasteiger partial charge < -0.3 is 9.64 Å². The minimum atomic E-state index is -0.316. The van der Waals surface area contributed by atoms with Crippen molar-refractivity contribution >= 4 is 5.69 Å². The van der Waals surface area contributed by atoms with Gasteiger partial charge in [-0.25, -0.2) is 0 Å². The molecular formula is C18H24N2O3. The number of hydrogen-bond acceptors (Lipinski definition) is 4. The van der Waals surface area contributed by atoms with Gasteiger partial charge in [-0.2, -0.15) is 0 Å². The van der Waals surface area contributed by atoms with E-state index in [1.165, 1.54) is 50.3 Å². The van der Waals surface area contributed by atoms with Crippen molar-refractivity contribution in [2.75, 3.05) is 20.7 Å². The SMILES string of the molecule is COc1cc2c(cc1[N+](=O)[O-])C[C@H]1C3CCCC[C@@]23CCN1C. The number of likely N-dealkylation sites (tertiary alicyclic amines) is 1. The molecular weight excluding hydrogens is 292 g/mol. The minimum absolute atomic E-state index is 0.109. The number of rotatable bonds is 2. The summed E-state index contributed by atoms with van der Waals surface area (Å²) in [5.41, 5.74) is 2.84. The summed E-state index contributed by atoms with van der Waals surface area (Å²) in [6, 6.07) is 4.31. The van der Waals surface area contributed by atoms with Crippen LogP contribution in [-0.2, 0) is 11.8 Å². The average molecular weight is 316 g/mol. The molecule has 124 valence electrons. The van der Waals surface area contributed by atoms with E-state index in [1.807, 2.05) is 6.07 Å². The fourth-order valence-electron chi connectivity index (χ4n) is 5.53. The standard InChI is InChI=1S/C18H24N2O3/c1-19-8-7-18-6-4-3-5-13(18)15(19)9-12-10-16(20(21)22)17(23-2)11-14(12)18/h10-11,13,15H,3-9H2,1-2H3/t13?,15-,18-/m0/s1. The number of nitro benzene ring substituents is 1. The molecule has 1 unspecified atom stereocenters. The molecule has 3 aliphatic rings. The summed E-state index contributed by atoms with van der Waals surface area (Å²) in [4.78, 5) is 13.5. The van der Waals surface area contributed by atoms with Gasteiger partial charge in [0.05, 0.1) is 12.0 Å². The maximum Gasteiger partial charge on any atom is 0.311 e. The lowest BCUT2D eigenvalue weighted by Gasteiger charge is -2.58. The van der Waals surface area contributed by atoms with Crippen LogP contribution in [0.4, 0.5) is 5.69 Å². The van der Waals surface area contributed by atoms with Crippen LogP contribution in [0.25, 0.3) is 0 Å². The van der Waals surface area contributed by atoms with Crippen LogP contribution in [0, 0.1) is 16.0 Å². The van der Waals surface area contributed by atoms with E-state index < -0.39 is 0 Å². The number of fused-ring (bicyclic) bond motifs is 1. The highest BCUT2D eigenvalue weighted by atomic mass is 16.6. The van der Waals surface area contributed by atoms with Gasteiger partial charge in [0, 0.05) is 17.5 Å². The van der Waals surface area contributed by atoms with Crippen LogP contribution in [0.1, 0.15) is 43.2 Å². The van der Waals surface area contributed by atoms with Crippen molar-refractivity contribution in [1.82, 2.24) is 4.90 Å². The molecule has 1 saturated carbocycles. The number of benzene rings is 1. The van der Waals surface area contributed by atoms with Crippen molar-refractivity contribution in [2.45, 2.75) is 50.0 Å². The number of hydrogen-bond donors (Lipinski definition) is 0. The molecule has 5 heteroatoms. The smallest absolute Gasteiger partial charge is 0.311 e. The molecule has 4 rings (SSSR count). The summed E-state index contributed by atoms with van der Waals surface area (Å²) in [5.74, 6) is 1.11. The zero-order valence-corrected chi connectivity index (χ0v) is 13.9. The van der Waals surface area contributed by atoms with Gasteiger partial charge >= 0.3 is 5.69 Å². The van der Waals surface area contributed by atoms with Gasteiger partial charge in [0.1, 0.15) is 0 Å². The quantitative estimate of drug-likeness (QED) is 0.620. The lowest BCUT2D eigenvalue weighted by Crippen LogP contribution is -2.59. The molecule has 5 nitrogen and oxygen atoms in total. The van der Waals surface area contributed by atoms with Crippen molar-refractivity contribution in [2.24, 2.45) is 5.92 Å². The Morgan fingerprint density at radius 3 is 2.91 bits per heavy atom. The van der Waals surface area contributed by atoms with Gasteiger partial charge in [-0.05, 0) is 62.4 Å². The van der Waals surface area contributed by atoms with Gasteiger partial charge in [-0.3, -0.25) is 10.1 Å². The van der Waals surface area contributed by atoms with E-state index in [1.54, 1.807) is 6.07 Å². The molecule has 1 heterocycles. The van der Waals surface area contributed by atoms with Crippen molar-refractivity contribution in [3.8, 4) is 5.75 Å². The number of nitro groups is 1. The third-order valence-electron chi connectivity index (χ3n) is 6.61. The fraction of sp³-hybridized carbons (Fsp3) is 0.667. The topological polar surface area (TPSA) is 55.6 Å². The average Bonchev–Trinajstić information content (AvgIpc) is 2.57. The van der Waals surface area contributed by atoms with Gasteiger partial charge in [0.25, 0.3) is 0 Å². The summed E-state index contributed by atoms with van der Waals surface area (Å²) in [5, 5.41) is 11.4. The summed E-state index contributed by atoms with van der Waals surface area (Å²) in [7, 11) is 3.75. The molecule has 0 radical (unpaired) electrons. The number of nitrogens with zero attached hydrogens (tertiary/aromatic N) is 2. The number of ether oxygens (including phenoxy) is 1. The van der Waals surface area contributed by atoms with Crippen molar-refractivity contribution < 1.29 is 9.66 Å². The van der Waals surface area contributed by atoms with E-state index in [2.05, 4.69) is 11.9 Å². The number of likely N-dealkylation sites (N-methyl/N-ethyl adjacent to an activating group) is 1. The van der Waals surface area contributed by atoms with Gasteiger partial charge in [0.15, 0.2) is 5.75 Å². The molecule has 1 aromatic rings. The highest BCUT2D eigenvalue weighted by molar-refractivity contribution is 5.56. The van der Waals surface area contributed by atoms with Crippen LogP contribution in [0.15, 0.2) is 12.1 Å². The second-order valence-corrected chi connectivity index (χ2v) is 7.45. The van der Waals surface area contributed by atoms with Crippen LogP contribution in [-0.4, -0.2) is 36.6 Å². The maximum absolute atomic E-state index is 11.4. The Hall–Kier alpha value is -1.62. The number of methoxy groups -OCH3 is 1. The summed E-state index contributed by atoms with van der Waals surface area (Å²) < 4.78 is 5.36. The first kappa shape index (κ1) is 14.9. The van der Waals surface area contributed by atoms with E-state index in [9.17, 15) is 10.1 Å². The molecule has 2 aliphatic carbocycles. The van der Waals surface area contributed by atoms with E-state index in [-0.39, 0.29) is 16.0 Å². The molecule has 0 spiro atoms. The van der Waals surface area contributed by atoms with Crippen LogP contribution in [0.5, 0.6) is 5.75 Å². The van der Waals surface area contributed by atoms with Gasteiger partial charge in [0.2, 0.25) is 0 Å². The first-order chi connectivity index (χ1) is 11.1. The molecule has 23 heavy (non-hydrogen) atoms. The second kappa shape index (κ2) is 5.20. The molecule has 0 N–H and O–H groups in total. The molecule has 2 fully saturated rings. The Morgan fingerprint density at radius 2 is 2.17 bits per heavy atom. The third-order valence-corrected chi connectivity index (χ3v) is 6.61. The summed E-state index contributed by atoms with van der Waals surface area (Å²) in [6.07, 6.45) is 7.19. The van der Waals surface area contributed by atoms with E-state index >= 15 is 0 Å². The van der Waals surface area contributed by atoms with E-state index in [0.717, 1.165) is 13.0 Å². The largest absolute Gasteiger partial charge is 0.490 e. The monoisotopic (exact) mass is 316 g/mol. The summed E-state index contributed by atoms with van der Waals surface area (Å²) in [6.45, 7) is 1.12. The Balaban J connectivity index is 1.91. The van der Waals surface area contributed by atoms with Crippen LogP contribution >= 0.6 is 0 Å². The van der Waals surface area contributed by atoms with Crippen molar-refractivity contribution in [3.05, 3.63) is 33.4 Å². The predicted octanol–water partition coefficient (Wildman–Crippen LogP) is 3.29. The van der Waals surface area contributed by atoms with Crippen molar-refractivity contribution in [1.29, 1.82) is 0 Å². The van der Waals surface area contributed by atoms with Crippen molar-refractivity contribution in [3.63, 3.8) is 0 Å². The first-order valence-corrected chi connectivity index (χ1v) is 8.63. The first-order valence-electron chi connectivity index (χ1n) is 8.63. The van der Waals surface area contributed by atoms with E-state index in [4.69, 9.17) is 4.74 Å². The lowest BCUT2D eigenvalue weighted by atomic mass is 9.52. The summed E-state index contributed by atoms with van der Waals surface area (Å²) >= 11 is 0. The minimum Gasteiger partial charge on any atom is -0.490 e. The zero-order valence-electron chi connectivity index (χ0n) is 13.9. The molecule has 2 bridgehead atoms. The normalized spacial score (nSPS) is 32.8. The predicted molar refractivity (Wildman–Crippen MR) is 88.0 cm³/mol. The highest BCUT2D eigenvalue weighted by Gasteiger charge is 2.53. The highest BCUT2D eigenvalue weighted by Crippen LogP contribution is 2.56. The molecule has 3 atom stereocenters. The Kier molecular flexibility index (Phi) is 3.38. The van der Waals surface area contributed by atoms with E-state index in [0.29, 0.717) is 17.7 Å². The molecule has 1 saturated heterocycles. The second-order valence-electron chi connectivity index (χ2n) is 7.45. The number of piperidine rings is 1. The third kappa shape index (κ3) is 2.02. The van der Waals surface area contributed by atoms with Crippen LogP contribution < -0.4 is 4.74 Å². The molecule has 0 amide bonds. The van der Waals surface area contributed by atoms with Crippen LogP contribution in [0.2, 0.25) is 0 Å². The Bertz CT molecular complexity index is 660. The van der Waals surface area contributed by atoms with Gasteiger partial charge in [-0.1, -0.05) is 12.8 Å². The zero-order chi connectivity index (χ0) is 16.2. The molecule has 0 aromatic heterocycles. The van der Waals surface area contributed by atoms with Gasteiger partial charge in [-0.15, -0.1) is 0 Å². The van der Waals surface area contributed by atoms with Crippen LogP contribution in [0.3, 0.4) is 0 Å². The Morgan fingerprint density at radius 1 is 1.35 bits per heavy atom. The Labute approximate surface area is 136 Å².